The molecule has 2 N–H and O–H groups in total. The second kappa shape index (κ2) is 7.17. The summed E-state index contributed by atoms with van der Waals surface area (Å²) in [6, 6.07) is 6.47. The number of piperidine rings is 1. The van der Waals surface area contributed by atoms with Gasteiger partial charge in [0.05, 0.1) is 17.8 Å². The minimum Gasteiger partial charge on any atom is -0.389 e. The van der Waals surface area contributed by atoms with Crippen molar-refractivity contribution in [3.05, 3.63) is 30.1 Å². The first-order chi connectivity index (χ1) is 10.8. The second-order valence-electron chi connectivity index (χ2n) is 6.85. The molecule has 1 atom stereocenters. The number of amides is 2. The van der Waals surface area contributed by atoms with Gasteiger partial charge in [0, 0.05) is 26.2 Å². The molecule has 1 aromatic rings. The summed E-state index contributed by atoms with van der Waals surface area (Å²) in [4.78, 5) is 15.7. The van der Waals surface area contributed by atoms with Crippen LogP contribution < -0.4 is 10.2 Å². The van der Waals surface area contributed by atoms with Crippen LogP contribution >= 0.6 is 0 Å². The number of para-hydroxylation sites is 1. The predicted molar refractivity (Wildman–Crippen MR) is 89.1 cm³/mol. The highest BCUT2D eigenvalue weighted by atomic mass is 19.1. The standard InChI is InChI=1S/C17H26FN3O2/c1-17(2,23)12-20(3)16(22)19-13-7-6-10-21(11-13)15-9-5-4-8-14(15)18/h4-5,8-9,13,23H,6-7,10-12H2,1-3H3,(H,19,22). The fourth-order valence-electron chi connectivity index (χ4n) is 2.96. The van der Waals surface area contributed by atoms with Crippen LogP contribution in [-0.2, 0) is 0 Å². The van der Waals surface area contributed by atoms with Crippen molar-refractivity contribution in [1.29, 1.82) is 0 Å². The van der Waals surface area contributed by atoms with E-state index in [2.05, 4.69) is 5.32 Å². The van der Waals surface area contributed by atoms with E-state index in [0.717, 1.165) is 19.4 Å². The third-order valence-corrected chi connectivity index (χ3v) is 3.91. The van der Waals surface area contributed by atoms with Crippen molar-refractivity contribution in [2.45, 2.75) is 38.3 Å². The van der Waals surface area contributed by atoms with Gasteiger partial charge in [0.2, 0.25) is 0 Å². The van der Waals surface area contributed by atoms with Crippen molar-refractivity contribution in [2.75, 3.05) is 31.6 Å². The van der Waals surface area contributed by atoms with Crippen LogP contribution in [0.15, 0.2) is 24.3 Å². The second-order valence-corrected chi connectivity index (χ2v) is 6.85. The molecule has 0 radical (unpaired) electrons. The van der Waals surface area contributed by atoms with E-state index >= 15 is 0 Å². The lowest BCUT2D eigenvalue weighted by Crippen LogP contribution is -2.52. The van der Waals surface area contributed by atoms with Crippen LogP contribution in [0, 0.1) is 5.82 Å². The maximum Gasteiger partial charge on any atom is 0.317 e. The van der Waals surface area contributed by atoms with Crippen LogP contribution in [0.25, 0.3) is 0 Å². The molecule has 1 heterocycles. The molecule has 0 bridgehead atoms. The third-order valence-electron chi connectivity index (χ3n) is 3.91. The molecule has 2 rings (SSSR count). The fraction of sp³-hybridized carbons (Fsp3) is 0.588. The summed E-state index contributed by atoms with van der Waals surface area (Å²) in [7, 11) is 1.66. The number of carbonyl (C=O) groups is 1. The molecule has 1 aromatic carbocycles. The SMILES string of the molecule is CN(CC(C)(C)O)C(=O)NC1CCCN(c2ccccc2F)C1. The minimum absolute atomic E-state index is 0.0277. The Morgan fingerprint density at radius 2 is 2.17 bits per heavy atom. The average Bonchev–Trinajstić information content (AvgIpc) is 2.46. The third kappa shape index (κ3) is 5.10. The Morgan fingerprint density at radius 3 is 2.83 bits per heavy atom. The van der Waals surface area contributed by atoms with Gasteiger partial charge < -0.3 is 20.2 Å². The highest BCUT2D eigenvalue weighted by Crippen LogP contribution is 2.23. The molecule has 23 heavy (non-hydrogen) atoms. The summed E-state index contributed by atoms with van der Waals surface area (Å²) in [6.45, 7) is 4.95. The molecule has 128 valence electrons. The van der Waals surface area contributed by atoms with E-state index in [-0.39, 0.29) is 24.4 Å². The lowest BCUT2D eigenvalue weighted by Gasteiger charge is -2.36. The molecule has 6 heteroatoms. The monoisotopic (exact) mass is 323 g/mol. The molecular weight excluding hydrogens is 297 g/mol. The highest BCUT2D eigenvalue weighted by Gasteiger charge is 2.25. The number of nitrogens with zero attached hydrogens (tertiary/aromatic N) is 2. The maximum atomic E-state index is 13.9. The molecule has 1 aliphatic rings. The first-order valence-electron chi connectivity index (χ1n) is 8.00. The van der Waals surface area contributed by atoms with Crippen LogP contribution in [0.4, 0.5) is 14.9 Å². The Labute approximate surface area is 137 Å². The van der Waals surface area contributed by atoms with E-state index in [1.807, 2.05) is 11.0 Å². The van der Waals surface area contributed by atoms with Gasteiger partial charge >= 0.3 is 6.03 Å². The van der Waals surface area contributed by atoms with E-state index < -0.39 is 5.60 Å². The summed E-state index contributed by atoms with van der Waals surface area (Å²) >= 11 is 0. The van der Waals surface area contributed by atoms with Gasteiger partial charge in [-0.1, -0.05) is 12.1 Å². The number of aliphatic hydroxyl groups is 1. The topological polar surface area (TPSA) is 55.8 Å². The maximum absolute atomic E-state index is 13.9. The van der Waals surface area contributed by atoms with Crippen molar-refractivity contribution in [1.82, 2.24) is 10.2 Å². The number of carbonyl (C=O) groups excluding carboxylic acids is 1. The van der Waals surface area contributed by atoms with E-state index in [1.165, 1.54) is 11.0 Å². The van der Waals surface area contributed by atoms with Crippen molar-refractivity contribution in [3.63, 3.8) is 0 Å². The average molecular weight is 323 g/mol. The zero-order chi connectivity index (χ0) is 17.0. The molecular formula is C17H26FN3O2. The molecule has 1 fully saturated rings. The van der Waals surface area contributed by atoms with E-state index in [0.29, 0.717) is 12.2 Å². The lowest BCUT2D eigenvalue weighted by atomic mass is 10.0. The van der Waals surface area contributed by atoms with Gasteiger partial charge in [-0.2, -0.15) is 0 Å². The number of urea groups is 1. The molecule has 5 nitrogen and oxygen atoms in total. The summed E-state index contributed by atoms with van der Waals surface area (Å²) in [5.74, 6) is -0.237. The van der Waals surface area contributed by atoms with Crippen LogP contribution in [0.5, 0.6) is 0 Å². The van der Waals surface area contributed by atoms with Gasteiger partial charge in [0.15, 0.2) is 0 Å². The number of anilines is 1. The Bertz CT molecular complexity index is 545. The van der Waals surface area contributed by atoms with Crippen LogP contribution in [-0.4, -0.2) is 54.4 Å². The zero-order valence-electron chi connectivity index (χ0n) is 14.1. The Kier molecular flexibility index (Phi) is 5.46. The predicted octanol–water partition coefficient (Wildman–Crippen LogP) is 2.21. The number of nitrogens with one attached hydrogen (secondary N) is 1. The van der Waals surface area contributed by atoms with Crippen molar-refractivity contribution in [2.24, 2.45) is 0 Å². The summed E-state index contributed by atoms with van der Waals surface area (Å²) in [6.07, 6.45) is 1.77. The van der Waals surface area contributed by atoms with E-state index in [9.17, 15) is 14.3 Å². The van der Waals surface area contributed by atoms with Crippen LogP contribution in [0.1, 0.15) is 26.7 Å². The van der Waals surface area contributed by atoms with Crippen molar-refractivity contribution < 1.29 is 14.3 Å². The molecule has 2 amide bonds. The molecule has 0 aliphatic carbocycles. The number of halogens is 1. The molecule has 0 aromatic heterocycles. The molecule has 0 saturated carbocycles. The fourth-order valence-corrected chi connectivity index (χ4v) is 2.96. The van der Waals surface area contributed by atoms with E-state index in [1.54, 1.807) is 33.0 Å². The summed E-state index contributed by atoms with van der Waals surface area (Å²) < 4.78 is 13.9. The largest absolute Gasteiger partial charge is 0.389 e. The molecule has 1 aliphatic heterocycles. The van der Waals surface area contributed by atoms with Crippen molar-refractivity contribution in [3.8, 4) is 0 Å². The quantitative estimate of drug-likeness (QED) is 0.893. The Balaban J connectivity index is 1.94. The number of rotatable bonds is 4. The van der Waals surface area contributed by atoms with Gasteiger partial charge in [-0.05, 0) is 38.8 Å². The Morgan fingerprint density at radius 1 is 1.48 bits per heavy atom. The number of benzene rings is 1. The lowest BCUT2D eigenvalue weighted by molar-refractivity contribution is 0.0527. The summed E-state index contributed by atoms with van der Waals surface area (Å²) in [5.41, 5.74) is -0.353. The van der Waals surface area contributed by atoms with Gasteiger partial charge in [-0.25, -0.2) is 9.18 Å². The van der Waals surface area contributed by atoms with Crippen LogP contribution in [0.2, 0.25) is 0 Å². The molecule has 1 saturated heterocycles. The van der Waals surface area contributed by atoms with E-state index in [4.69, 9.17) is 0 Å². The number of likely N-dealkylation sites (N-methyl/N-ethyl adjacent to an activating group) is 1. The number of hydrogen-bond donors (Lipinski definition) is 2. The molecule has 1 unspecified atom stereocenters. The van der Waals surface area contributed by atoms with Gasteiger partial charge in [0.25, 0.3) is 0 Å². The number of hydrogen-bond acceptors (Lipinski definition) is 3. The van der Waals surface area contributed by atoms with Crippen LogP contribution in [0.3, 0.4) is 0 Å². The highest BCUT2D eigenvalue weighted by molar-refractivity contribution is 5.74. The zero-order valence-corrected chi connectivity index (χ0v) is 14.1. The smallest absolute Gasteiger partial charge is 0.317 e. The first-order valence-corrected chi connectivity index (χ1v) is 8.00. The first kappa shape index (κ1) is 17.5. The Hall–Kier alpha value is -1.82. The van der Waals surface area contributed by atoms with Gasteiger partial charge in [-0.3, -0.25) is 0 Å². The normalized spacial score (nSPS) is 18.7. The molecule has 0 spiro atoms. The van der Waals surface area contributed by atoms with Gasteiger partial charge in [-0.15, -0.1) is 0 Å². The summed E-state index contributed by atoms with van der Waals surface area (Å²) in [5, 5.41) is 12.8. The van der Waals surface area contributed by atoms with Gasteiger partial charge in [0.1, 0.15) is 5.82 Å². The van der Waals surface area contributed by atoms with Crippen molar-refractivity contribution >= 4 is 11.7 Å². The minimum atomic E-state index is -0.933.